The second-order valence-corrected chi connectivity index (χ2v) is 13.9. The average Bonchev–Trinajstić information content (AvgIpc) is 3.89. The van der Waals surface area contributed by atoms with Gasteiger partial charge in [-0.15, -0.1) is 0 Å². The summed E-state index contributed by atoms with van der Waals surface area (Å²) in [5.41, 5.74) is 12.4. The zero-order chi connectivity index (χ0) is 36.6. The molecule has 0 aliphatic carbocycles. The average molecular weight is 700 g/mol. The van der Waals surface area contributed by atoms with Crippen molar-refractivity contribution in [3.8, 4) is 40.3 Å². The van der Waals surface area contributed by atoms with Gasteiger partial charge in [0.2, 0.25) is 0 Å². The Labute approximate surface area is 316 Å². The van der Waals surface area contributed by atoms with Gasteiger partial charge in [0.1, 0.15) is 0 Å². The van der Waals surface area contributed by atoms with Crippen molar-refractivity contribution in [3.05, 3.63) is 187 Å². The fourth-order valence-electron chi connectivity index (χ4n) is 8.89. The van der Waals surface area contributed by atoms with Gasteiger partial charge in [-0.2, -0.15) is 10.5 Å². The summed E-state index contributed by atoms with van der Waals surface area (Å²) in [5, 5.41) is 27.4. The summed E-state index contributed by atoms with van der Waals surface area (Å²) >= 11 is 0. The van der Waals surface area contributed by atoms with Crippen molar-refractivity contribution < 1.29 is 0 Å². The van der Waals surface area contributed by atoms with Crippen LogP contribution >= 0.6 is 0 Å². The molecule has 3 aromatic heterocycles. The summed E-state index contributed by atoms with van der Waals surface area (Å²) in [6.45, 7) is 0. The molecule has 3 heterocycles. The van der Waals surface area contributed by atoms with Gasteiger partial charge >= 0.3 is 0 Å². The maximum Gasteiger partial charge on any atom is 0.0998 e. The third-order valence-corrected chi connectivity index (χ3v) is 11.1. The minimum Gasteiger partial charge on any atom is -0.309 e. The number of para-hydroxylation sites is 6. The van der Waals surface area contributed by atoms with Gasteiger partial charge in [-0.25, -0.2) is 0 Å². The number of benzene rings is 8. The summed E-state index contributed by atoms with van der Waals surface area (Å²) in [4.78, 5) is 0. The third kappa shape index (κ3) is 4.33. The van der Waals surface area contributed by atoms with Crippen molar-refractivity contribution >= 4 is 65.4 Å². The zero-order valence-electron chi connectivity index (χ0n) is 29.5. The first kappa shape index (κ1) is 30.7. The fraction of sp³-hybridized carbons (Fsp3) is 0. The Kier molecular flexibility index (Phi) is 6.61. The van der Waals surface area contributed by atoms with Crippen molar-refractivity contribution in [1.82, 2.24) is 13.7 Å². The molecule has 254 valence electrons. The Morgan fingerprint density at radius 3 is 1.53 bits per heavy atom. The van der Waals surface area contributed by atoms with E-state index in [1.165, 1.54) is 10.8 Å². The number of nitrogens with zero attached hydrogens (tertiary/aromatic N) is 5. The first-order chi connectivity index (χ1) is 27.2. The molecule has 0 saturated carbocycles. The summed E-state index contributed by atoms with van der Waals surface area (Å²) < 4.78 is 6.98. The predicted octanol–water partition coefficient (Wildman–Crippen LogP) is 12.4. The Hall–Kier alpha value is -7.86. The summed E-state index contributed by atoms with van der Waals surface area (Å²) in [5.74, 6) is 0. The van der Waals surface area contributed by atoms with Crippen LogP contribution in [0.2, 0.25) is 0 Å². The van der Waals surface area contributed by atoms with Gasteiger partial charge in [0, 0.05) is 49.1 Å². The molecule has 0 unspecified atom stereocenters. The molecule has 8 aromatic carbocycles. The van der Waals surface area contributed by atoms with E-state index in [-0.39, 0.29) is 0 Å². The molecule has 0 atom stereocenters. The first-order valence-electron chi connectivity index (χ1n) is 18.3. The molecule has 11 rings (SSSR count). The maximum atomic E-state index is 10.6. The van der Waals surface area contributed by atoms with Crippen LogP contribution in [0.4, 0.5) is 0 Å². The van der Waals surface area contributed by atoms with E-state index in [1.54, 1.807) is 0 Å². The minimum atomic E-state index is 0.582. The van der Waals surface area contributed by atoms with Gasteiger partial charge < -0.3 is 13.7 Å². The smallest absolute Gasteiger partial charge is 0.0998 e. The third-order valence-electron chi connectivity index (χ3n) is 11.1. The summed E-state index contributed by atoms with van der Waals surface area (Å²) in [7, 11) is 0. The van der Waals surface area contributed by atoms with Gasteiger partial charge in [0.05, 0.1) is 67.7 Å². The van der Waals surface area contributed by atoms with E-state index >= 15 is 0 Å². The Morgan fingerprint density at radius 1 is 0.345 bits per heavy atom. The topological polar surface area (TPSA) is 62.4 Å². The van der Waals surface area contributed by atoms with Gasteiger partial charge in [0.15, 0.2) is 0 Å². The molecule has 0 fully saturated rings. The number of nitriles is 2. The van der Waals surface area contributed by atoms with E-state index in [0.29, 0.717) is 11.1 Å². The normalized spacial score (nSPS) is 11.6. The number of hydrogen-bond donors (Lipinski definition) is 0. The van der Waals surface area contributed by atoms with Gasteiger partial charge in [-0.1, -0.05) is 109 Å². The highest BCUT2D eigenvalue weighted by atomic mass is 15.1. The van der Waals surface area contributed by atoms with Gasteiger partial charge in [0.25, 0.3) is 0 Å². The van der Waals surface area contributed by atoms with Crippen LogP contribution in [0.15, 0.2) is 176 Å². The van der Waals surface area contributed by atoms with E-state index < -0.39 is 0 Å². The lowest BCUT2D eigenvalue weighted by Crippen LogP contribution is -2.02. The van der Waals surface area contributed by atoms with Gasteiger partial charge in [-0.3, -0.25) is 0 Å². The zero-order valence-corrected chi connectivity index (χ0v) is 29.5. The molecule has 11 aromatic rings. The lowest BCUT2D eigenvalue weighted by molar-refractivity contribution is 1.13. The van der Waals surface area contributed by atoms with Crippen LogP contribution in [0, 0.1) is 22.7 Å². The SMILES string of the molecule is N#Cc1ccc(-n2c3ccccc3c3cccc(-n4c5ccccc5c5ccccc54)c32)cc1-c1ccccc1-n1c2ccccc2c2c(C#N)cccc21. The van der Waals surface area contributed by atoms with Crippen molar-refractivity contribution in [3.63, 3.8) is 0 Å². The number of rotatable bonds is 4. The van der Waals surface area contributed by atoms with Crippen molar-refractivity contribution in [2.24, 2.45) is 0 Å². The molecule has 0 radical (unpaired) electrons. The Morgan fingerprint density at radius 2 is 0.836 bits per heavy atom. The quantitative estimate of drug-likeness (QED) is 0.184. The maximum absolute atomic E-state index is 10.6. The molecule has 0 N–H and O–H groups in total. The number of aromatic nitrogens is 3. The van der Waals surface area contributed by atoms with Crippen molar-refractivity contribution in [2.75, 3.05) is 0 Å². The van der Waals surface area contributed by atoms with Crippen LogP contribution < -0.4 is 0 Å². The molecule has 0 saturated heterocycles. The lowest BCUT2D eigenvalue weighted by atomic mass is 9.97. The molecule has 5 nitrogen and oxygen atoms in total. The van der Waals surface area contributed by atoms with Crippen molar-refractivity contribution in [2.45, 2.75) is 0 Å². The van der Waals surface area contributed by atoms with Crippen LogP contribution in [0.3, 0.4) is 0 Å². The molecular formula is C50H29N5. The second kappa shape index (κ2) is 11.8. The van der Waals surface area contributed by atoms with E-state index in [4.69, 9.17) is 0 Å². The molecule has 0 bridgehead atoms. The Bertz CT molecular complexity index is 3420. The van der Waals surface area contributed by atoms with Gasteiger partial charge in [-0.05, 0) is 66.7 Å². The highest BCUT2D eigenvalue weighted by molar-refractivity contribution is 6.15. The first-order valence-corrected chi connectivity index (χ1v) is 18.3. The van der Waals surface area contributed by atoms with E-state index in [9.17, 15) is 10.5 Å². The van der Waals surface area contributed by atoms with Crippen molar-refractivity contribution in [1.29, 1.82) is 10.5 Å². The highest BCUT2D eigenvalue weighted by Crippen LogP contribution is 2.42. The van der Waals surface area contributed by atoms with Crippen LogP contribution in [-0.4, -0.2) is 13.7 Å². The van der Waals surface area contributed by atoms with Crippen LogP contribution in [0.1, 0.15) is 11.1 Å². The fourth-order valence-corrected chi connectivity index (χ4v) is 8.89. The predicted molar refractivity (Wildman–Crippen MR) is 224 cm³/mol. The number of hydrogen-bond acceptors (Lipinski definition) is 2. The van der Waals surface area contributed by atoms with Crippen LogP contribution in [-0.2, 0) is 0 Å². The highest BCUT2D eigenvalue weighted by Gasteiger charge is 2.22. The monoisotopic (exact) mass is 699 g/mol. The Balaban J connectivity index is 1.22. The molecular weight excluding hydrogens is 671 g/mol. The lowest BCUT2D eigenvalue weighted by Gasteiger charge is -2.18. The van der Waals surface area contributed by atoms with Crippen LogP contribution in [0.5, 0.6) is 0 Å². The van der Waals surface area contributed by atoms with Crippen LogP contribution in [0.25, 0.3) is 93.6 Å². The second-order valence-electron chi connectivity index (χ2n) is 13.9. The molecule has 0 spiro atoms. The van der Waals surface area contributed by atoms with E-state index in [2.05, 4.69) is 159 Å². The van der Waals surface area contributed by atoms with E-state index in [1.807, 2.05) is 42.5 Å². The molecule has 0 aliphatic rings. The van der Waals surface area contributed by atoms with E-state index in [0.717, 1.165) is 82.8 Å². The molecule has 55 heavy (non-hydrogen) atoms. The summed E-state index contributed by atoms with van der Waals surface area (Å²) in [6.07, 6.45) is 0. The molecule has 0 aliphatic heterocycles. The molecule has 0 amide bonds. The minimum absolute atomic E-state index is 0.582. The summed E-state index contributed by atoms with van der Waals surface area (Å²) in [6, 6.07) is 65.9. The largest absolute Gasteiger partial charge is 0.309 e. The molecule has 5 heteroatoms. The standard InChI is InChI=1S/C50H29N5/c51-30-32-27-28-34(29-41(32)38-17-4-9-23-45(38)54-46-24-10-5-18-40(46)49-33(31-52)13-11-25-47(49)54)53-42-20-6-3-16-37(42)39-19-12-26-48(50(39)53)55-43-21-7-1-14-35(43)36-15-2-8-22-44(36)55/h1-29H. The number of fused-ring (bicyclic) bond motifs is 9.